The molecule has 0 unspecified atom stereocenters. The van der Waals surface area contributed by atoms with Gasteiger partial charge in [0, 0.05) is 12.1 Å². The number of nitrogens with one attached hydrogen (secondary N) is 1. The van der Waals surface area contributed by atoms with E-state index in [4.69, 9.17) is 6.42 Å². The SMILES string of the molecule is C#C/C(=C\C(=C/C)c1cnc2ccc(NC[C@H]3C[C@H](N=O)C3)nn12)OC(F)(F)F. The zero-order valence-electron chi connectivity index (χ0n) is 15.5. The molecule has 152 valence electrons. The normalized spacial score (nSPS) is 20.1. The topological polar surface area (TPSA) is 80.9 Å². The Morgan fingerprint density at radius 3 is 2.86 bits per heavy atom. The fraction of sp³-hybridized carbons (Fsp3) is 0.368. The van der Waals surface area contributed by atoms with Crippen LogP contribution in [0.2, 0.25) is 0 Å². The van der Waals surface area contributed by atoms with E-state index in [0.717, 1.165) is 18.9 Å². The van der Waals surface area contributed by atoms with Gasteiger partial charge in [-0.3, -0.25) is 0 Å². The Morgan fingerprint density at radius 2 is 2.24 bits per heavy atom. The van der Waals surface area contributed by atoms with Crippen LogP contribution in [-0.4, -0.2) is 33.5 Å². The van der Waals surface area contributed by atoms with E-state index in [9.17, 15) is 18.1 Å². The molecule has 2 heterocycles. The quantitative estimate of drug-likeness (QED) is 0.324. The summed E-state index contributed by atoms with van der Waals surface area (Å²) in [6, 6.07) is 3.39. The van der Waals surface area contributed by atoms with E-state index in [1.54, 1.807) is 25.1 Å². The van der Waals surface area contributed by atoms with Crippen LogP contribution in [0.3, 0.4) is 0 Å². The van der Waals surface area contributed by atoms with Crippen molar-refractivity contribution in [3.8, 4) is 12.3 Å². The van der Waals surface area contributed by atoms with Crippen LogP contribution in [0, 0.1) is 23.2 Å². The molecular weight excluding hydrogens is 387 g/mol. The first-order valence-corrected chi connectivity index (χ1v) is 8.84. The predicted octanol–water partition coefficient (Wildman–Crippen LogP) is 4.14. The summed E-state index contributed by atoms with van der Waals surface area (Å²) in [4.78, 5) is 14.7. The Balaban J connectivity index is 1.81. The van der Waals surface area contributed by atoms with Gasteiger partial charge in [0.15, 0.2) is 11.4 Å². The van der Waals surface area contributed by atoms with Crippen molar-refractivity contribution in [1.82, 2.24) is 14.6 Å². The van der Waals surface area contributed by atoms with Gasteiger partial charge < -0.3 is 10.1 Å². The molecule has 29 heavy (non-hydrogen) atoms. The summed E-state index contributed by atoms with van der Waals surface area (Å²) in [5.74, 6) is 2.14. The van der Waals surface area contributed by atoms with Crippen molar-refractivity contribution in [3.63, 3.8) is 0 Å². The van der Waals surface area contributed by atoms with Crippen molar-refractivity contribution >= 4 is 17.0 Å². The molecule has 0 bridgehead atoms. The van der Waals surface area contributed by atoms with Crippen molar-refractivity contribution < 1.29 is 17.9 Å². The third-order valence-electron chi connectivity index (χ3n) is 4.56. The number of hydrogen-bond acceptors (Lipinski definition) is 6. The number of imidazole rings is 1. The van der Waals surface area contributed by atoms with Crippen molar-refractivity contribution in [3.05, 3.63) is 46.8 Å². The first kappa shape index (κ1) is 20.4. The third-order valence-corrected chi connectivity index (χ3v) is 4.56. The maximum absolute atomic E-state index is 12.5. The van der Waals surface area contributed by atoms with Gasteiger partial charge in [-0.25, -0.2) is 9.50 Å². The summed E-state index contributed by atoms with van der Waals surface area (Å²) >= 11 is 0. The highest BCUT2D eigenvalue weighted by molar-refractivity contribution is 5.74. The maximum Gasteiger partial charge on any atom is 0.573 e. The highest BCUT2D eigenvalue weighted by atomic mass is 19.4. The van der Waals surface area contributed by atoms with Crippen LogP contribution in [0.15, 0.2) is 41.4 Å². The summed E-state index contributed by atoms with van der Waals surface area (Å²) in [6.45, 7) is 2.30. The molecule has 0 spiro atoms. The highest BCUT2D eigenvalue weighted by Gasteiger charge is 2.32. The molecule has 10 heteroatoms. The Hall–Kier alpha value is -3.35. The number of aromatic nitrogens is 3. The molecule has 1 aliphatic rings. The number of alkyl halides is 3. The molecule has 1 N–H and O–H groups in total. The van der Waals surface area contributed by atoms with E-state index < -0.39 is 12.1 Å². The third kappa shape index (κ3) is 4.93. The monoisotopic (exact) mass is 405 g/mol. The number of rotatable bonds is 7. The van der Waals surface area contributed by atoms with Gasteiger partial charge in [-0.15, -0.1) is 24.7 Å². The average molecular weight is 405 g/mol. The van der Waals surface area contributed by atoms with E-state index in [1.165, 1.54) is 10.7 Å². The van der Waals surface area contributed by atoms with E-state index in [0.29, 0.717) is 35.2 Å². The van der Waals surface area contributed by atoms with Gasteiger partial charge in [0.2, 0.25) is 0 Å². The number of halogens is 3. The smallest absolute Gasteiger partial charge is 0.397 e. The lowest BCUT2D eigenvalue weighted by Crippen LogP contribution is -2.32. The van der Waals surface area contributed by atoms with E-state index in [2.05, 4.69) is 25.3 Å². The summed E-state index contributed by atoms with van der Waals surface area (Å²) < 4.78 is 42.8. The van der Waals surface area contributed by atoms with Gasteiger partial charge in [-0.05, 0) is 49.8 Å². The molecule has 0 amide bonds. The molecule has 1 fully saturated rings. The number of nitroso groups, excluding NO2 is 1. The lowest BCUT2D eigenvalue weighted by atomic mass is 9.81. The Kier molecular flexibility index (Phi) is 5.87. The summed E-state index contributed by atoms with van der Waals surface area (Å²) in [7, 11) is 0. The van der Waals surface area contributed by atoms with Crippen LogP contribution in [0.4, 0.5) is 19.0 Å². The lowest BCUT2D eigenvalue weighted by molar-refractivity contribution is -0.302. The molecule has 1 aliphatic carbocycles. The second-order valence-corrected chi connectivity index (χ2v) is 6.55. The number of fused-ring (bicyclic) bond motifs is 1. The molecule has 0 aromatic carbocycles. The molecule has 0 aliphatic heterocycles. The summed E-state index contributed by atoms with van der Waals surface area (Å²) in [5, 5.41) is 10.7. The lowest BCUT2D eigenvalue weighted by Gasteiger charge is -2.30. The molecular formula is C19H18F3N5O2. The number of anilines is 1. The minimum Gasteiger partial charge on any atom is -0.397 e. The van der Waals surface area contributed by atoms with Crippen LogP contribution in [0.25, 0.3) is 11.2 Å². The second-order valence-electron chi connectivity index (χ2n) is 6.55. The highest BCUT2D eigenvalue weighted by Crippen LogP contribution is 2.30. The van der Waals surface area contributed by atoms with Gasteiger partial charge in [0.05, 0.1) is 17.9 Å². The van der Waals surface area contributed by atoms with E-state index >= 15 is 0 Å². The zero-order chi connectivity index (χ0) is 21.0. The average Bonchev–Trinajstić information content (AvgIpc) is 3.06. The van der Waals surface area contributed by atoms with Crippen molar-refractivity contribution in [2.45, 2.75) is 32.2 Å². The van der Waals surface area contributed by atoms with Crippen LogP contribution < -0.4 is 5.32 Å². The molecule has 2 aromatic rings. The maximum atomic E-state index is 12.5. The number of terminal acetylenes is 1. The van der Waals surface area contributed by atoms with Crippen LogP contribution in [-0.2, 0) is 4.74 Å². The second kappa shape index (κ2) is 8.34. The molecule has 3 rings (SSSR count). The molecule has 0 atom stereocenters. The zero-order valence-corrected chi connectivity index (χ0v) is 15.5. The number of allylic oxidation sites excluding steroid dienone is 4. The van der Waals surface area contributed by atoms with E-state index in [1.807, 2.05) is 5.92 Å². The summed E-state index contributed by atoms with van der Waals surface area (Å²) in [5.41, 5.74) is 1.35. The first-order valence-electron chi connectivity index (χ1n) is 8.84. The molecule has 1 saturated carbocycles. The molecule has 2 aromatic heterocycles. The minimum absolute atomic E-state index is 0.106. The van der Waals surface area contributed by atoms with Crippen LogP contribution in [0.1, 0.15) is 25.5 Å². The Labute approximate surface area is 164 Å². The number of nitrogens with zero attached hydrogens (tertiary/aromatic N) is 4. The minimum atomic E-state index is -4.88. The molecule has 0 saturated heterocycles. The standard InChI is InChI=1S/C19H18F3N5O2/c1-3-13(9-15(4-2)29-19(20,21)22)16-11-24-18-6-5-17(25-27(16)18)23-10-12-7-14(8-12)26-28/h2-3,5-6,9,11-12,14H,7-8,10H2,1H3,(H,23,25)/b13-3+,15-9+/t12-,14-. The van der Waals surface area contributed by atoms with Crippen LogP contribution in [0.5, 0.6) is 0 Å². The number of ether oxygens (including phenoxy) is 1. The largest absolute Gasteiger partial charge is 0.573 e. The van der Waals surface area contributed by atoms with Gasteiger partial charge in [0.25, 0.3) is 0 Å². The van der Waals surface area contributed by atoms with E-state index in [-0.39, 0.29) is 6.04 Å². The summed E-state index contributed by atoms with van der Waals surface area (Å²) in [6.07, 6.45) is 5.93. The Bertz CT molecular complexity index is 997. The van der Waals surface area contributed by atoms with Gasteiger partial charge in [0.1, 0.15) is 5.82 Å². The fourth-order valence-electron chi connectivity index (χ4n) is 3.04. The molecule has 7 nitrogen and oxygen atoms in total. The van der Waals surface area contributed by atoms with Crippen LogP contribution >= 0.6 is 0 Å². The van der Waals surface area contributed by atoms with Crippen molar-refractivity contribution in [2.75, 3.05) is 11.9 Å². The van der Waals surface area contributed by atoms with Crippen molar-refractivity contribution in [1.29, 1.82) is 0 Å². The van der Waals surface area contributed by atoms with Crippen molar-refractivity contribution in [2.24, 2.45) is 11.1 Å². The van der Waals surface area contributed by atoms with Gasteiger partial charge in [-0.2, -0.15) is 4.91 Å². The molecule has 0 radical (unpaired) electrons. The number of hydrogen-bond donors (Lipinski definition) is 1. The Morgan fingerprint density at radius 1 is 1.48 bits per heavy atom. The fourth-order valence-corrected chi connectivity index (χ4v) is 3.04. The van der Waals surface area contributed by atoms with Gasteiger partial charge in [-0.1, -0.05) is 11.3 Å². The predicted molar refractivity (Wildman–Crippen MR) is 101 cm³/mol. The first-order chi connectivity index (χ1) is 13.8. The van der Waals surface area contributed by atoms with Gasteiger partial charge >= 0.3 is 6.36 Å².